The summed E-state index contributed by atoms with van der Waals surface area (Å²) in [6.45, 7) is 2.30. The molecule has 1 aliphatic heterocycles. The van der Waals surface area contributed by atoms with Crippen LogP contribution in [0.2, 0.25) is 0 Å². The van der Waals surface area contributed by atoms with E-state index in [4.69, 9.17) is 5.73 Å². The van der Waals surface area contributed by atoms with Gasteiger partial charge in [0.1, 0.15) is 28.6 Å². The van der Waals surface area contributed by atoms with Gasteiger partial charge in [0.25, 0.3) is 0 Å². The highest BCUT2D eigenvalue weighted by molar-refractivity contribution is 5.92. The van der Waals surface area contributed by atoms with Crippen LogP contribution in [0.4, 0.5) is 23.2 Å². The van der Waals surface area contributed by atoms with Crippen LogP contribution < -0.4 is 16.0 Å². The first-order valence-electron chi connectivity index (χ1n) is 8.82. The molecule has 0 unspecified atom stereocenters. The minimum Gasteiger partial charge on any atom is -0.365 e. The number of nitrogens with two attached hydrogens (primary N) is 1. The van der Waals surface area contributed by atoms with E-state index in [1.54, 1.807) is 4.90 Å². The van der Waals surface area contributed by atoms with Crippen molar-refractivity contribution in [1.82, 2.24) is 15.3 Å². The van der Waals surface area contributed by atoms with Crippen LogP contribution in [0, 0.1) is 23.1 Å². The normalized spacial score (nSPS) is 20.9. The average Bonchev–Trinajstić information content (AvgIpc) is 2.65. The topological polar surface area (TPSA) is 108 Å². The van der Waals surface area contributed by atoms with E-state index >= 15 is 0 Å². The highest BCUT2D eigenvalue weighted by Crippen LogP contribution is 2.33. The fraction of sp³-hybridized carbons (Fsp3) is 0.444. The Bertz CT molecular complexity index is 973. The van der Waals surface area contributed by atoms with Crippen molar-refractivity contribution in [3.63, 3.8) is 0 Å². The molecule has 3 N–H and O–H groups in total. The maximum Gasteiger partial charge on any atom is 0.412 e. The summed E-state index contributed by atoms with van der Waals surface area (Å²) in [5.74, 6) is -2.08. The summed E-state index contributed by atoms with van der Waals surface area (Å²) >= 11 is 0. The Morgan fingerprint density at radius 3 is 2.62 bits per heavy atom. The summed E-state index contributed by atoms with van der Waals surface area (Å²) in [5, 5.41) is 11.5. The van der Waals surface area contributed by atoms with Gasteiger partial charge in [-0.2, -0.15) is 18.4 Å². The fourth-order valence-corrected chi connectivity index (χ4v) is 3.55. The lowest BCUT2D eigenvalue weighted by Crippen LogP contribution is -2.57. The van der Waals surface area contributed by atoms with Crippen LogP contribution in [0.15, 0.2) is 18.5 Å². The van der Waals surface area contributed by atoms with E-state index in [0.717, 1.165) is 6.07 Å². The molecule has 3 rings (SSSR count). The van der Waals surface area contributed by atoms with Crippen molar-refractivity contribution in [1.29, 1.82) is 5.26 Å². The molecule has 11 heteroatoms. The van der Waals surface area contributed by atoms with E-state index in [1.165, 1.54) is 12.4 Å². The van der Waals surface area contributed by atoms with E-state index in [0.29, 0.717) is 13.0 Å². The Balaban J connectivity index is 1.91. The molecular formula is C18H18F4N6O. The zero-order chi connectivity index (χ0) is 21.3. The number of carbonyl (C=O) groups excluding carboxylic acids is 1. The van der Waals surface area contributed by atoms with Crippen molar-refractivity contribution in [3.05, 3.63) is 29.8 Å². The highest BCUT2D eigenvalue weighted by Gasteiger charge is 2.43. The number of aromatic nitrogens is 2. The number of rotatable bonds is 3. The summed E-state index contributed by atoms with van der Waals surface area (Å²) in [6.07, 6.45) is -1.70. The van der Waals surface area contributed by atoms with E-state index < -0.39 is 30.0 Å². The third-order valence-corrected chi connectivity index (χ3v) is 4.75. The molecule has 3 atom stereocenters. The van der Waals surface area contributed by atoms with E-state index in [-0.39, 0.29) is 34.7 Å². The standard InChI is InChI=1S/C18H18F4N6O/c1-9-4-11(27-17(29)16(24)18(20,21)22)8-28(7-9)15-12(19)5-10(6-23)13-14(15)26-3-2-25-13/h2-3,5,9,11,16H,4,7-8,24H2,1H3,(H,27,29)/t9-,11+,16-/m0/s1. The molecular weight excluding hydrogens is 392 g/mol. The summed E-state index contributed by atoms with van der Waals surface area (Å²) in [6, 6.07) is -0.371. The first-order valence-corrected chi connectivity index (χ1v) is 8.82. The molecule has 29 heavy (non-hydrogen) atoms. The van der Waals surface area contributed by atoms with Gasteiger partial charge < -0.3 is 16.0 Å². The summed E-state index contributed by atoms with van der Waals surface area (Å²) in [7, 11) is 0. The third kappa shape index (κ3) is 4.22. The lowest BCUT2D eigenvalue weighted by molar-refractivity contribution is -0.163. The number of alkyl halides is 3. The summed E-state index contributed by atoms with van der Waals surface area (Å²) in [5.41, 5.74) is 5.49. The van der Waals surface area contributed by atoms with Crippen LogP contribution in [0.3, 0.4) is 0 Å². The molecule has 2 heterocycles. The van der Waals surface area contributed by atoms with Crippen LogP contribution in [-0.4, -0.2) is 47.2 Å². The minimum absolute atomic E-state index is 0.0282. The van der Waals surface area contributed by atoms with Crippen molar-refractivity contribution in [2.24, 2.45) is 11.7 Å². The molecule has 0 radical (unpaired) electrons. The largest absolute Gasteiger partial charge is 0.412 e. The smallest absolute Gasteiger partial charge is 0.365 e. The monoisotopic (exact) mass is 410 g/mol. The molecule has 2 aromatic rings. The number of anilines is 1. The van der Waals surface area contributed by atoms with Crippen LogP contribution >= 0.6 is 0 Å². The van der Waals surface area contributed by atoms with Gasteiger partial charge in [-0.05, 0) is 18.4 Å². The predicted molar refractivity (Wildman–Crippen MR) is 96.2 cm³/mol. The number of nitriles is 1. The number of carbonyl (C=O) groups is 1. The van der Waals surface area contributed by atoms with E-state index in [1.807, 2.05) is 13.0 Å². The Morgan fingerprint density at radius 1 is 1.34 bits per heavy atom. The minimum atomic E-state index is -4.85. The molecule has 1 aliphatic rings. The average molecular weight is 410 g/mol. The number of halogens is 4. The van der Waals surface area contributed by atoms with Crippen molar-refractivity contribution in [3.8, 4) is 6.07 Å². The molecule has 0 bridgehead atoms. The van der Waals surface area contributed by atoms with Gasteiger partial charge in [0.15, 0.2) is 6.04 Å². The molecule has 154 valence electrons. The van der Waals surface area contributed by atoms with Crippen molar-refractivity contribution < 1.29 is 22.4 Å². The maximum atomic E-state index is 14.8. The predicted octanol–water partition coefficient (Wildman–Crippen LogP) is 1.86. The van der Waals surface area contributed by atoms with E-state index in [2.05, 4.69) is 15.3 Å². The SMILES string of the molecule is C[C@H]1C[C@@H](NC(=O)[C@H](N)C(F)(F)F)CN(c2c(F)cc(C#N)c3nccnc23)C1. The number of nitrogens with one attached hydrogen (secondary N) is 1. The summed E-state index contributed by atoms with van der Waals surface area (Å²) < 4.78 is 52.9. The Labute approximate surface area is 163 Å². The number of benzene rings is 1. The first kappa shape index (κ1) is 20.7. The lowest BCUT2D eigenvalue weighted by atomic mass is 9.94. The van der Waals surface area contributed by atoms with Gasteiger partial charge in [-0.15, -0.1) is 0 Å². The molecule has 1 aromatic heterocycles. The lowest BCUT2D eigenvalue weighted by Gasteiger charge is -2.39. The number of hydrogen-bond acceptors (Lipinski definition) is 6. The molecule has 1 saturated heterocycles. The number of amides is 1. The Kier molecular flexibility index (Phi) is 5.57. The van der Waals surface area contributed by atoms with Crippen molar-refractivity contribution in [2.75, 3.05) is 18.0 Å². The van der Waals surface area contributed by atoms with Crippen LogP contribution in [-0.2, 0) is 4.79 Å². The van der Waals surface area contributed by atoms with Gasteiger partial charge >= 0.3 is 6.18 Å². The second-order valence-corrected chi connectivity index (χ2v) is 7.09. The number of fused-ring (bicyclic) bond motifs is 1. The van der Waals surface area contributed by atoms with Gasteiger partial charge in [0.2, 0.25) is 5.91 Å². The zero-order valence-corrected chi connectivity index (χ0v) is 15.4. The third-order valence-electron chi connectivity index (χ3n) is 4.75. The molecule has 1 amide bonds. The van der Waals surface area contributed by atoms with Gasteiger partial charge in [-0.3, -0.25) is 14.8 Å². The number of piperidine rings is 1. The molecule has 0 aliphatic carbocycles. The van der Waals surface area contributed by atoms with Crippen molar-refractivity contribution in [2.45, 2.75) is 31.6 Å². The van der Waals surface area contributed by atoms with Gasteiger partial charge in [0.05, 0.1) is 5.56 Å². The number of hydrogen-bond donors (Lipinski definition) is 2. The van der Waals surface area contributed by atoms with Gasteiger partial charge in [0, 0.05) is 31.5 Å². The quantitative estimate of drug-likeness (QED) is 0.748. The molecule has 0 spiro atoms. The van der Waals surface area contributed by atoms with Crippen LogP contribution in [0.5, 0.6) is 0 Å². The number of nitrogens with zero attached hydrogens (tertiary/aromatic N) is 4. The Hall–Kier alpha value is -3.00. The van der Waals surface area contributed by atoms with Crippen LogP contribution in [0.1, 0.15) is 18.9 Å². The van der Waals surface area contributed by atoms with Crippen molar-refractivity contribution >= 4 is 22.6 Å². The summed E-state index contributed by atoms with van der Waals surface area (Å²) in [4.78, 5) is 21.7. The second-order valence-electron chi connectivity index (χ2n) is 7.09. The van der Waals surface area contributed by atoms with Gasteiger partial charge in [-0.1, -0.05) is 6.92 Å². The maximum absolute atomic E-state index is 14.8. The molecule has 1 fully saturated rings. The molecule has 0 saturated carbocycles. The van der Waals surface area contributed by atoms with E-state index in [9.17, 15) is 27.6 Å². The molecule has 7 nitrogen and oxygen atoms in total. The van der Waals surface area contributed by atoms with Gasteiger partial charge in [-0.25, -0.2) is 4.39 Å². The Morgan fingerprint density at radius 2 is 2.00 bits per heavy atom. The molecule has 1 aromatic carbocycles. The van der Waals surface area contributed by atoms with Crippen LogP contribution in [0.25, 0.3) is 11.0 Å². The first-order chi connectivity index (χ1) is 13.6. The zero-order valence-electron chi connectivity index (χ0n) is 15.4. The highest BCUT2D eigenvalue weighted by atomic mass is 19.4. The fourth-order valence-electron chi connectivity index (χ4n) is 3.55. The second kappa shape index (κ2) is 7.79.